The molecule has 2 saturated carbocycles. The van der Waals surface area contributed by atoms with E-state index in [9.17, 15) is 4.79 Å². The Balaban J connectivity index is 0.00000176. The molecule has 4 N–H and O–H groups in total. The lowest BCUT2D eigenvalue weighted by Gasteiger charge is -2.32. The largest absolute Gasteiger partial charge is 0.365 e. The van der Waals surface area contributed by atoms with E-state index < -0.39 is 0 Å². The summed E-state index contributed by atoms with van der Waals surface area (Å²) < 4.78 is 2.27. The summed E-state index contributed by atoms with van der Waals surface area (Å²) in [4.78, 5) is 30.4. The van der Waals surface area contributed by atoms with Gasteiger partial charge in [-0.2, -0.15) is 9.97 Å². The number of piperidine rings is 1. The summed E-state index contributed by atoms with van der Waals surface area (Å²) in [5, 5.41) is 9.30. The van der Waals surface area contributed by atoms with Gasteiger partial charge in [0.15, 0.2) is 22.8 Å². The van der Waals surface area contributed by atoms with Crippen molar-refractivity contribution in [3.05, 3.63) is 28.7 Å². The quantitative estimate of drug-likeness (QED) is 0.301. The molecule has 2 aliphatic carbocycles. The van der Waals surface area contributed by atoms with Crippen LogP contribution in [0.4, 0.5) is 11.8 Å². The average Bonchev–Trinajstić information content (AvgIpc) is 3.68. The molecule has 0 amide bonds. The third kappa shape index (κ3) is 7.03. The van der Waals surface area contributed by atoms with Crippen molar-refractivity contribution in [2.24, 2.45) is 5.73 Å². The summed E-state index contributed by atoms with van der Waals surface area (Å²) in [6.07, 6.45) is 13.0. The van der Waals surface area contributed by atoms with Crippen LogP contribution in [0.25, 0.3) is 11.2 Å². The molecule has 3 fully saturated rings. The first-order chi connectivity index (χ1) is 18.1. The number of ketones is 1. The maximum absolute atomic E-state index is 12.5. The molecule has 39 heavy (non-hydrogen) atoms. The number of nitrogens with two attached hydrogens (primary N) is 1. The number of likely N-dealkylation sites (tertiary alicyclic amines) is 1. The molecular weight excluding hydrogens is 555 g/mol. The molecule has 0 bridgehead atoms. The molecule has 3 aromatic heterocycles. The third-order valence-electron chi connectivity index (χ3n) is 8.34. The predicted molar refractivity (Wildman–Crippen MR) is 163 cm³/mol. The number of hydrogen-bond donors (Lipinski definition) is 3. The monoisotopic (exact) mass is 594 g/mol. The molecule has 0 radical (unpaired) electrons. The first kappa shape index (κ1) is 30.0. The average molecular weight is 596 g/mol. The molecule has 9 nitrogen and oxygen atoms in total. The van der Waals surface area contributed by atoms with Gasteiger partial charge >= 0.3 is 0 Å². The van der Waals surface area contributed by atoms with Gasteiger partial charge in [-0.15, -0.1) is 36.2 Å². The molecule has 12 heteroatoms. The Kier molecular flexibility index (Phi) is 10.4. The van der Waals surface area contributed by atoms with Crippen LogP contribution in [0.2, 0.25) is 0 Å². The fourth-order valence-corrected chi connectivity index (χ4v) is 6.78. The highest BCUT2D eigenvalue weighted by atomic mass is 35.5. The highest BCUT2D eigenvalue weighted by molar-refractivity contribution is 7.12. The Morgan fingerprint density at radius 1 is 0.974 bits per heavy atom. The number of fused-ring (bicyclic) bond motifs is 1. The zero-order valence-corrected chi connectivity index (χ0v) is 24.7. The SMILES string of the molecule is Cl.Cl.NC1CCC(Nc2nc(NC3CCN(CC(=O)c4cccs4)CC3)c3ncn(C4CCCC4)c3n2)CC1. The topological polar surface area (TPSA) is 114 Å². The number of aromatic nitrogens is 4. The zero-order valence-electron chi connectivity index (χ0n) is 22.3. The number of imidazole rings is 1. The van der Waals surface area contributed by atoms with Crippen LogP contribution in [-0.4, -0.2) is 68.0 Å². The van der Waals surface area contributed by atoms with Gasteiger partial charge in [0.1, 0.15) is 0 Å². The number of nitrogens with zero attached hydrogens (tertiary/aromatic N) is 5. The number of rotatable bonds is 8. The van der Waals surface area contributed by atoms with E-state index in [-0.39, 0.29) is 30.6 Å². The summed E-state index contributed by atoms with van der Waals surface area (Å²) >= 11 is 1.52. The van der Waals surface area contributed by atoms with Crippen LogP contribution >= 0.6 is 36.2 Å². The van der Waals surface area contributed by atoms with E-state index in [1.54, 1.807) is 0 Å². The fourth-order valence-electron chi connectivity index (χ4n) is 6.12. The van der Waals surface area contributed by atoms with Crippen molar-refractivity contribution >= 4 is 64.9 Å². The second kappa shape index (κ2) is 13.6. The number of anilines is 2. The molecule has 3 aliphatic rings. The second-order valence-corrected chi connectivity index (χ2v) is 12.0. The van der Waals surface area contributed by atoms with Gasteiger partial charge in [0.05, 0.1) is 17.7 Å². The van der Waals surface area contributed by atoms with Crippen molar-refractivity contribution in [2.75, 3.05) is 30.3 Å². The maximum atomic E-state index is 12.5. The predicted octanol–water partition coefficient (Wildman–Crippen LogP) is 5.29. The normalized spacial score (nSPS) is 22.8. The van der Waals surface area contributed by atoms with Crippen molar-refractivity contribution < 1.29 is 4.79 Å². The standard InChI is InChI=1S/C27H38N8OS.2ClH/c28-18-7-9-19(10-8-18)31-27-32-25(24-26(33-27)35(17-29-24)21-4-1-2-5-21)30-20-11-13-34(14-12-20)16-22(36)23-6-3-15-37-23;;/h3,6,15,17-21H,1-2,4-5,7-14,16,28H2,(H2,30,31,32,33);2*1H. The molecule has 1 aliphatic heterocycles. The van der Waals surface area contributed by atoms with E-state index in [4.69, 9.17) is 20.7 Å². The fraction of sp³-hybridized carbons (Fsp3) is 0.630. The summed E-state index contributed by atoms with van der Waals surface area (Å²) in [5.74, 6) is 1.73. The van der Waals surface area contributed by atoms with Crippen LogP contribution in [0.15, 0.2) is 23.8 Å². The zero-order chi connectivity index (χ0) is 25.2. The summed E-state index contributed by atoms with van der Waals surface area (Å²) in [6.45, 7) is 2.29. The minimum atomic E-state index is 0. The number of Topliss-reactive ketones (excluding diaryl/α,β-unsaturated/α-hetero) is 1. The molecule has 0 unspecified atom stereocenters. The van der Waals surface area contributed by atoms with Gasteiger partial charge in [0.25, 0.3) is 0 Å². The lowest BCUT2D eigenvalue weighted by atomic mass is 9.92. The van der Waals surface area contributed by atoms with Gasteiger partial charge in [0.2, 0.25) is 5.95 Å². The summed E-state index contributed by atoms with van der Waals surface area (Å²) in [6, 6.07) is 5.29. The van der Waals surface area contributed by atoms with Gasteiger partial charge in [-0.25, -0.2) is 4.98 Å². The Morgan fingerprint density at radius 3 is 2.38 bits per heavy atom. The number of hydrogen-bond acceptors (Lipinski definition) is 9. The van der Waals surface area contributed by atoms with Gasteiger partial charge < -0.3 is 20.9 Å². The Labute approximate surface area is 246 Å². The highest BCUT2D eigenvalue weighted by Gasteiger charge is 2.26. The number of thiophene rings is 1. The van der Waals surface area contributed by atoms with Crippen molar-refractivity contribution in [1.29, 1.82) is 0 Å². The van der Waals surface area contributed by atoms with E-state index in [0.29, 0.717) is 36.7 Å². The Hall–Kier alpha value is -1.98. The number of carbonyl (C=O) groups is 1. The van der Waals surface area contributed by atoms with Crippen molar-refractivity contribution in [3.8, 4) is 0 Å². The van der Waals surface area contributed by atoms with Gasteiger partial charge in [-0.05, 0) is 62.8 Å². The van der Waals surface area contributed by atoms with Crippen LogP contribution in [-0.2, 0) is 0 Å². The molecule has 6 rings (SSSR count). The van der Waals surface area contributed by atoms with Gasteiger partial charge in [-0.1, -0.05) is 18.9 Å². The molecule has 214 valence electrons. The smallest absolute Gasteiger partial charge is 0.227 e. The van der Waals surface area contributed by atoms with E-state index in [0.717, 1.165) is 73.5 Å². The van der Waals surface area contributed by atoms with Crippen LogP contribution in [0, 0.1) is 0 Å². The van der Waals surface area contributed by atoms with E-state index in [2.05, 4.69) is 20.1 Å². The molecule has 4 heterocycles. The second-order valence-electron chi connectivity index (χ2n) is 11.0. The minimum absolute atomic E-state index is 0. The molecule has 3 aromatic rings. The first-order valence-electron chi connectivity index (χ1n) is 13.9. The van der Waals surface area contributed by atoms with Crippen molar-refractivity contribution in [1.82, 2.24) is 24.4 Å². The van der Waals surface area contributed by atoms with Gasteiger partial charge in [-0.3, -0.25) is 9.69 Å². The Bertz CT molecular complexity index is 1200. The molecular formula is C27H40Cl2N8OS. The maximum Gasteiger partial charge on any atom is 0.227 e. The lowest BCUT2D eigenvalue weighted by Crippen LogP contribution is -2.41. The van der Waals surface area contributed by atoms with E-state index in [1.807, 2.05) is 23.8 Å². The van der Waals surface area contributed by atoms with Gasteiger partial charge in [0, 0.05) is 37.3 Å². The Morgan fingerprint density at radius 2 is 1.69 bits per heavy atom. The van der Waals surface area contributed by atoms with Crippen molar-refractivity contribution in [3.63, 3.8) is 0 Å². The lowest BCUT2D eigenvalue weighted by molar-refractivity contribution is 0.0916. The molecule has 0 aromatic carbocycles. The number of nitrogens with one attached hydrogen (secondary N) is 2. The molecule has 0 spiro atoms. The summed E-state index contributed by atoms with van der Waals surface area (Å²) in [5.41, 5.74) is 7.92. The van der Waals surface area contributed by atoms with Crippen LogP contribution in [0.3, 0.4) is 0 Å². The third-order valence-corrected chi connectivity index (χ3v) is 9.25. The first-order valence-corrected chi connectivity index (χ1v) is 14.8. The minimum Gasteiger partial charge on any atom is -0.365 e. The van der Waals surface area contributed by atoms with E-state index >= 15 is 0 Å². The van der Waals surface area contributed by atoms with Crippen LogP contribution in [0.1, 0.15) is 79.9 Å². The van der Waals surface area contributed by atoms with Crippen molar-refractivity contribution in [2.45, 2.75) is 88.4 Å². The molecule has 0 atom stereocenters. The number of halogens is 2. The summed E-state index contributed by atoms with van der Waals surface area (Å²) in [7, 11) is 0. The molecule has 1 saturated heterocycles. The highest BCUT2D eigenvalue weighted by Crippen LogP contribution is 2.34. The van der Waals surface area contributed by atoms with E-state index in [1.165, 1.54) is 37.0 Å². The van der Waals surface area contributed by atoms with Crippen LogP contribution < -0.4 is 16.4 Å². The number of carbonyl (C=O) groups excluding carboxylic acids is 1. The van der Waals surface area contributed by atoms with Crippen LogP contribution in [0.5, 0.6) is 0 Å².